The molecule has 0 saturated carbocycles. The normalized spacial score (nSPS) is 12.3. The lowest BCUT2D eigenvalue weighted by molar-refractivity contribution is -0.141. The molecule has 0 atom stereocenters. The molecule has 3 nitrogen and oxygen atoms in total. The van der Waals surface area contributed by atoms with Crippen molar-refractivity contribution in [2.45, 2.75) is 20.0 Å². The van der Waals surface area contributed by atoms with Gasteiger partial charge < -0.3 is 4.40 Å². The van der Waals surface area contributed by atoms with Gasteiger partial charge in [-0.2, -0.15) is 13.2 Å². The number of aromatic nitrogens is 3. The summed E-state index contributed by atoms with van der Waals surface area (Å²) in [6.45, 7) is 3.23. The molecule has 0 unspecified atom stereocenters. The van der Waals surface area contributed by atoms with Crippen LogP contribution >= 0.6 is 0 Å². The van der Waals surface area contributed by atoms with Crippen molar-refractivity contribution in [3.63, 3.8) is 0 Å². The van der Waals surface area contributed by atoms with E-state index < -0.39 is 11.9 Å². The van der Waals surface area contributed by atoms with E-state index in [4.69, 9.17) is 0 Å². The molecule has 15 heavy (non-hydrogen) atoms. The first-order valence-corrected chi connectivity index (χ1v) is 4.28. The molecule has 2 heterocycles. The van der Waals surface area contributed by atoms with Gasteiger partial charge in [0, 0.05) is 12.4 Å². The number of aryl methyl sites for hydroxylation is 2. The minimum absolute atomic E-state index is 0.276. The lowest BCUT2D eigenvalue weighted by atomic mass is 10.4. The molecule has 2 rings (SSSR count). The van der Waals surface area contributed by atoms with E-state index in [2.05, 4.69) is 9.97 Å². The molecule has 2 aromatic heterocycles. The van der Waals surface area contributed by atoms with Crippen molar-refractivity contribution < 1.29 is 13.2 Å². The number of rotatable bonds is 0. The maximum atomic E-state index is 12.4. The predicted octanol–water partition coefficient (Wildman–Crippen LogP) is 2.36. The summed E-state index contributed by atoms with van der Waals surface area (Å²) in [6, 6.07) is 0. The zero-order chi connectivity index (χ0) is 11.2. The topological polar surface area (TPSA) is 30.2 Å². The van der Waals surface area contributed by atoms with Crippen LogP contribution in [0, 0.1) is 13.8 Å². The smallest absolute Gasteiger partial charge is 0.303 e. The average Bonchev–Trinajstić information content (AvgIpc) is 2.44. The molecule has 0 aliphatic heterocycles. The van der Waals surface area contributed by atoms with Gasteiger partial charge in [-0.1, -0.05) is 0 Å². The highest BCUT2D eigenvalue weighted by Gasteiger charge is 2.33. The van der Waals surface area contributed by atoms with Gasteiger partial charge in [-0.15, -0.1) is 0 Å². The highest BCUT2D eigenvalue weighted by molar-refractivity contribution is 5.45. The Balaban J connectivity index is 2.72. The van der Waals surface area contributed by atoms with Crippen molar-refractivity contribution in [2.75, 3.05) is 0 Å². The number of nitrogens with zero attached hydrogens (tertiary/aromatic N) is 3. The average molecular weight is 215 g/mol. The van der Waals surface area contributed by atoms with Gasteiger partial charge in [-0.3, -0.25) is 0 Å². The number of hydrogen-bond donors (Lipinski definition) is 0. The summed E-state index contributed by atoms with van der Waals surface area (Å²) in [4.78, 5) is 7.55. The standard InChI is InChI=1S/C9H8F3N3/c1-5-3-15-4-7(9(10,11)12)14-6(2)8(15)13-5/h3-4H,1-2H3. The van der Waals surface area contributed by atoms with E-state index in [-0.39, 0.29) is 5.69 Å². The van der Waals surface area contributed by atoms with Crippen molar-refractivity contribution in [1.82, 2.24) is 14.4 Å². The Morgan fingerprint density at radius 2 is 1.80 bits per heavy atom. The van der Waals surface area contributed by atoms with Crippen molar-refractivity contribution in [3.05, 3.63) is 29.5 Å². The van der Waals surface area contributed by atoms with Crippen LogP contribution in [0.15, 0.2) is 12.4 Å². The third-order valence-electron chi connectivity index (χ3n) is 2.02. The molecule has 0 radical (unpaired) electrons. The van der Waals surface area contributed by atoms with Gasteiger partial charge in [-0.05, 0) is 13.8 Å². The van der Waals surface area contributed by atoms with Gasteiger partial charge in [0.05, 0.1) is 11.4 Å². The molecular weight excluding hydrogens is 207 g/mol. The summed E-state index contributed by atoms with van der Waals surface area (Å²) >= 11 is 0. The maximum Gasteiger partial charge on any atom is 0.434 e. The third kappa shape index (κ3) is 1.67. The van der Waals surface area contributed by atoms with Gasteiger partial charge in [-0.25, -0.2) is 9.97 Å². The van der Waals surface area contributed by atoms with Crippen molar-refractivity contribution >= 4 is 5.65 Å². The van der Waals surface area contributed by atoms with Crippen molar-refractivity contribution in [2.24, 2.45) is 0 Å². The molecule has 0 fully saturated rings. The van der Waals surface area contributed by atoms with E-state index in [0.717, 1.165) is 6.20 Å². The van der Waals surface area contributed by atoms with Gasteiger partial charge in [0.25, 0.3) is 0 Å². The molecule has 0 bridgehead atoms. The lowest BCUT2D eigenvalue weighted by Gasteiger charge is -2.07. The summed E-state index contributed by atoms with van der Waals surface area (Å²) in [5, 5.41) is 0. The minimum Gasteiger partial charge on any atom is -0.303 e. The van der Waals surface area contributed by atoms with Crippen LogP contribution in [0.5, 0.6) is 0 Å². The number of halogens is 3. The van der Waals surface area contributed by atoms with Crippen LogP contribution in [0.3, 0.4) is 0 Å². The molecule has 0 spiro atoms. The molecule has 0 aromatic carbocycles. The lowest BCUT2D eigenvalue weighted by Crippen LogP contribution is -2.10. The van der Waals surface area contributed by atoms with E-state index in [1.807, 2.05) is 0 Å². The second kappa shape index (κ2) is 2.95. The van der Waals surface area contributed by atoms with Crippen molar-refractivity contribution in [3.8, 4) is 0 Å². The van der Waals surface area contributed by atoms with Crippen molar-refractivity contribution in [1.29, 1.82) is 0 Å². The van der Waals surface area contributed by atoms with Crippen LogP contribution < -0.4 is 0 Å². The first kappa shape index (κ1) is 9.95. The monoisotopic (exact) mass is 215 g/mol. The Bertz CT molecular complexity index is 513. The number of hydrogen-bond acceptors (Lipinski definition) is 2. The van der Waals surface area contributed by atoms with Crippen LogP contribution in [-0.4, -0.2) is 14.4 Å². The molecule has 0 amide bonds. The summed E-state index contributed by atoms with van der Waals surface area (Å²) in [5.74, 6) is 0. The van der Waals surface area contributed by atoms with E-state index >= 15 is 0 Å². The van der Waals surface area contributed by atoms with Gasteiger partial charge in [0.2, 0.25) is 0 Å². The highest BCUT2D eigenvalue weighted by atomic mass is 19.4. The highest BCUT2D eigenvalue weighted by Crippen LogP contribution is 2.28. The Hall–Kier alpha value is -1.59. The summed E-state index contributed by atoms with van der Waals surface area (Å²) in [7, 11) is 0. The molecule has 0 aliphatic carbocycles. The largest absolute Gasteiger partial charge is 0.434 e. The fraction of sp³-hybridized carbons (Fsp3) is 0.333. The number of imidazole rings is 1. The first-order valence-electron chi connectivity index (χ1n) is 4.28. The molecule has 0 aliphatic rings. The molecule has 6 heteroatoms. The van der Waals surface area contributed by atoms with E-state index in [1.54, 1.807) is 13.1 Å². The fourth-order valence-corrected chi connectivity index (χ4v) is 1.41. The van der Waals surface area contributed by atoms with Crippen LogP contribution in [0.1, 0.15) is 17.1 Å². The zero-order valence-electron chi connectivity index (χ0n) is 8.13. The zero-order valence-corrected chi connectivity index (χ0v) is 8.13. The molecule has 80 valence electrons. The maximum absolute atomic E-state index is 12.4. The number of alkyl halides is 3. The second-order valence-corrected chi connectivity index (χ2v) is 3.32. The molecule has 0 N–H and O–H groups in total. The van der Waals surface area contributed by atoms with Gasteiger partial charge in [0.15, 0.2) is 11.3 Å². The second-order valence-electron chi connectivity index (χ2n) is 3.32. The van der Waals surface area contributed by atoms with Gasteiger partial charge in [0.1, 0.15) is 0 Å². The quantitative estimate of drug-likeness (QED) is 0.675. The third-order valence-corrected chi connectivity index (χ3v) is 2.02. The first-order chi connectivity index (χ1) is 6.88. The Morgan fingerprint density at radius 3 is 2.40 bits per heavy atom. The van der Waals surface area contributed by atoms with Crippen LogP contribution in [0.4, 0.5) is 13.2 Å². The molecule has 2 aromatic rings. The summed E-state index contributed by atoms with van der Waals surface area (Å²) in [5.41, 5.74) is 0.502. The molecular formula is C9H8F3N3. The van der Waals surface area contributed by atoms with E-state index in [9.17, 15) is 13.2 Å². The summed E-state index contributed by atoms with van der Waals surface area (Å²) in [6.07, 6.45) is -1.93. The van der Waals surface area contributed by atoms with Crippen LogP contribution in [-0.2, 0) is 6.18 Å². The van der Waals surface area contributed by atoms with E-state index in [0.29, 0.717) is 11.3 Å². The summed E-state index contributed by atoms with van der Waals surface area (Å²) < 4.78 is 38.6. The van der Waals surface area contributed by atoms with Crippen LogP contribution in [0.2, 0.25) is 0 Å². The van der Waals surface area contributed by atoms with Gasteiger partial charge >= 0.3 is 6.18 Å². The minimum atomic E-state index is -4.42. The Morgan fingerprint density at radius 1 is 1.13 bits per heavy atom. The SMILES string of the molecule is Cc1cn2cc(C(F)(F)F)nc(C)c2n1. The fourth-order valence-electron chi connectivity index (χ4n) is 1.41. The van der Waals surface area contributed by atoms with Crippen LogP contribution in [0.25, 0.3) is 5.65 Å². The predicted molar refractivity (Wildman–Crippen MR) is 47.5 cm³/mol. The van der Waals surface area contributed by atoms with E-state index in [1.165, 1.54) is 11.3 Å². The Labute approximate surface area is 83.6 Å². The Kier molecular flexibility index (Phi) is 1.95. The number of fused-ring (bicyclic) bond motifs is 1. The molecule has 0 saturated heterocycles.